The Bertz CT molecular complexity index is 587. The van der Waals surface area contributed by atoms with Crippen molar-refractivity contribution >= 4 is 11.7 Å². The van der Waals surface area contributed by atoms with E-state index < -0.39 is 0 Å². The smallest absolute Gasteiger partial charge is 0.264 e. The van der Waals surface area contributed by atoms with Crippen molar-refractivity contribution in [1.29, 1.82) is 0 Å². The Morgan fingerprint density at radius 3 is 3.22 bits per heavy atom. The molecular weight excluding hydrogens is 236 g/mol. The van der Waals surface area contributed by atoms with E-state index >= 15 is 0 Å². The number of amides is 1. The monoisotopic (exact) mass is 248 g/mol. The van der Waals surface area contributed by atoms with Crippen molar-refractivity contribution in [3.05, 3.63) is 23.6 Å². The van der Waals surface area contributed by atoms with Gasteiger partial charge in [-0.15, -0.1) is 0 Å². The van der Waals surface area contributed by atoms with Gasteiger partial charge in [0, 0.05) is 19.0 Å². The molecule has 1 aliphatic rings. The van der Waals surface area contributed by atoms with E-state index in [4.69, 9.17) is 9.26 Å². The highest BCUT2D eigenvalue weighted by Crippen LogP contribution is 2.23. The maximum atomic E-state index is 12.0. The molecule has 2 aromatic heterocycles. The molecule has 3 rings (SSSR count). The summed E-state index contributed by atoms with van der Waals surface area (Å²) in [4.78, 5) is 12.0. The van der Waals surface area contributed by atoms with Crippen molar-refractivity contribution in [1.82, 2.24) is 14.9 Å². The second kappa shape index (κ2) is 4.17. The number of hydrogen-bond acceptors (Lipinski definition) is 5. The van der Waals surface area contributed by atoms with Gasteiger partial charge in [0.25, 0.3) is 5.91 Å². The first-order valence-corrected chi connectivity index (χ1v) is 5.67. The number of ether oxygens (including phenoxy) is 1. The Morgan fingerprint density at radius 1 is 1.56 bits per heavy atom. The Hall–Kier alpha value is -2.31. The molecule has 7 heteroatoms. The van der Waals surface area contributed by atoms with Crippen LogP contribution in [-0.4, -0.2) is 27.5 Å². The minimum Gasteiger partial charge on any atom is -0.477 e. The summed E-state index contributed by atoms with van der Waals surface area (Å²) < 4.78 is 12.0. The molecule has 0 aromatic carbocycles. The first kappa shape index (κ1) is 10.8. The number of fused-ring (bicyclic) bond motifs is 1. The van der Waals surface area contributed by atoms with Crippen LogP contribution in [0.5, 0.6) is 5.88 Å². The molecule has 0 atom stereocenters. The Kier molecular flexibility index (Phi) is 2.51. The predicted molar refractivity (Wildman–Crippen MR) is 61.5 cm³/mol. The highest BCUT2D eigenvalue weighted by atomic mass is 16.5. The third-order valence-corrected chi connectivity index (χ3v) is 2.66. The molecular formula is C11H12N4O3. The average molecular weight is 248 g/mol. The first-order valence-electron chi connectivity index (χ1n) is 5.67. The van der Waals surface area contributed by atoms with E-state index in [-0.39, 0.29) is 5.91 Å². The Balaban J connectivity index is 1.82. The van der Waals surface area contributed by atoms with Crippen LogP contribution in [0.4, 0.5) is 5.82 Å². The lowest BCUT2D eigenvalue weighted by Crippen LogP contribution is -2.18. The Labute approximate surface area is 103 Å². The molecule has 2 aromatic rings. The van der Waals surface area contributed by atoms with Crippen LogP contribution in [-0.2, 0) is 6.54 Å². The molecule has 0 aliphatic carbocycles. The van der Waals surface area contributed by atoms with E-state index in [1.54, 1.807) is 17.7 Å². The van der Waals surface area contributed by atoms with Crippen LogP contribution in [0.3, 0.4) is 0 Å². The zero-order valence-corrected chi connectivity index (χ0v) is 9.84. The fourth-order valence-corrected chi connectivity index (χ4v) is 1.83. The Morgan fingerprint density at radius 2 is 2.44 bits per heavy atom. The van der Waals surface area contributed by atoms with Crippen molar-refractivity contribution in [2.75, 3.05) is 11.9 Å². The number of nitrogens with one attached hydrogen (secondary N) is 1. The van der Waals surface area contributed by atoms with Crippen LogP contribution < -0.4 is 10.1 Å². The summed E-state index contributed by atoms with van der Waals surface area (Å²) in [5.41, 5.74) is 0.412. The molecule has 94 valence electrons. The SMILES string of the molecule is Cc1cc(NC(=O)c2cnn3c2OCCC3)no1. The number of carbonyl (C=O) groups excluding carboxylic acids is 1. The predicted octanol–water partition coefficient (Wildman–Crippen LogP) is 1.21. The molecule has 0 spiro atoms. The molecule has 0 saturated heterocycles. The summed E-state index contributed by atoms with van der Waals surface area (Å²) >= 11 is 0. The molecule has 3 heterocycles. The molecule has 0 unspecified atom stereocenters. The van der Waals surface area contributed by atoms with E-state index in [0.29, 0.717) is 29.6 Å². The summed E-state index contributed by atoms with van der Waals surface area (Å²) in [5, 5.41) is 10.5. The summed E-state index contributed by atoms with van der Waals surface area (Å²) in [6.07, 6.45) is 2.40. The van der Waals surface area contributed by atoms with Crippen LogP contribution in [0.2, 0.25) is 0 Å². The van der Waals surface area contributed by atoms with E-state index in [0.717, 1.165) is 13.0 Å². The van der Waals surface area contributed by atoms with Crippen LogP contribution in [0.15, 0.2) is 16.8 Å². The van der Waals surface area contributed by atoms with E-state index in [9.17, 15) is 4.79 Å². The largest absolute Gasteiger partial charge is 0.477 e. The lowest BCUT2D eigenvalue weighted by molar-refractivity contribution is 0.101. The minimum atomic E-state index is -0.300. The molecule has 0 fully saturated rings. The number of rotatable bonds is 2. The first-order chi connectivity index (χ1) is 8.74. The van der Waals surface area contributed by atoms with Gasteiger partial charge in [-0.1, -0.05) is 5.16 Å². The maximum Gasteiger partial charge on any atom is 0.264 e. The third kappa shape index (κ3) is 1.83. The van der Waals surface area contributed by atoms with E-state index in [2.05, 4.69) is 15.6 Å². The lowest BCUT2D eigenvalue weighted by atomic mass is 10.3. The minimum absolute atomic E-state index is 0.300. The van der Waals surface area contributed by atoms with Crippen LogP contribution in [0, 0.1) is 6.92 Å². The summed E-state index contributed by atoms with van der Waals surface area (Å²) in [6, 6.07) is 1.65. The van der Waals surface area contributed by atoms with Crippen molar-refractivity contribution in [2.45, 2.75) is 19.9 Å². The topological polar surface area (TPSA) is 82.2 Å². The van der Waals surface area contributed by atoms with Crippen LogP contribution >= 0.6 is 0 Å². The van der Waals surface area contributed by atoms with Crippen molar-refractivity contribution < 1.29 is 14.1 Å². The average Bonchev–Trinajstić information content (AvgIpc) is 2.95. The molecule has 7 nitrogen and oxygen atoms in total. The number of carbonyl (C=O) groups is 1. The number of nitrogens with zero attached hydrogens (tertiary/aromatic N) is 3. The number of hydrogen-bond donors (Lipinski definition) is 1. The number of anilines is 1. The van der Waals surface area contributed by atoms with Crippen LogP contribution in [0.1, 0.15) is 22.5 Å². The standard InChI is InChI=1S/C11H12N4O3/c1-7-5-9(14-18-7)13-10(16)8-6-12-15-3-2-4-17-11(8)15/h5-6H,2-4H2,1H3,(H,13,14,16). The normalized spacial score (nSPS) is 13.8. The van der Waals surface area contributed by atoms with Crippen LogP contribution in [0.25, 0.3) is 0 Å². The van der Waals surface area contributed by atoms with Crippen molar-refractivity contribution in [3.8, 4) is 5.88 Å². The fourth-order valence-electron chi connectivity index (χ4n) is 1.83. The van der Waals surface area contributed by atoms with E-state index in [1.165, 1.54) is 6.20 Å². The zero-order chi connectivity index (χ0) is 12.5. The fraction of sp³-hybridized carbons (Fsp3) is 0.364. The molecule has 0 saturated carbocycles. The molecule has 0 radical (unpaired) electrons. The summed E-state index contributed by atoms with van der Waals surface area (Å²) in [5.74, 6) is 1.23. The van der Waals surface area contributed by atoms with E-state index in [1.807, 2.05) is 0 Å². The molecule has 0 bridgehead atoms. The molecule has 1 N–H and O–H groups in total. The van der Waals surface area contributed by atoms with Gasteiger partial charge in [-0.25, -0.2) is 4.68 Å². The van der Waals surface area contributed by atoms with Gasteiger partial charge in [0.2, 0.25) is 5.88 Å². The highest BCUT2D eigenvalue weighted by molar-refractivity contribution is 6.05. The maximum absolute atomic E-state index is 12.0. The van der Waals surface area contributed by atoms with Gasteiger partial charge in [-0.05, 0) is 6.92 Å². The lowest BCUT2D eigenvalue weighted by Gasteiger charge is -2.15. The van der Waals surface area contributed by atoms with Gasteiger partial charge in [-0.3, -0.25) is 4.79 Å². The van der Waals surface area contributed by atoms with Crippen molar-refractivity contribution in [2.24, 2.45) is 0 Å². The number of aromatic nitrogens is 3. The van der Waals surface area contributed by atoms with Crippen molar-refractivity contribution in [3.63, 3.8) is 0 Å². The summed E-state index contributed by atoms with van der Waals surface area (Å²) in [6.45, 7) is 3.13. The zero-order valence-electron chi connectivity index (χ0n) is 9.84. The second-order valence-corrected chi connectivity index (χ2v) is 4.07. The highest BCUT2D eigenvalue weighted by Gasteiger charge is 2.22. The number of aryl methyl sites for hydroxylation is 2. The third-order valence-electron chi connectivity index (χ3n) is 2.66. The quantitative estimate of drug-likeness (QED) is 0.863. The van der Waals surface area contributed by atoms with Gasteiger partial charge < -0.3 is 14.6 Å². The van der Waals surface area contributed by atoms with Gasteiger partial charge in [-0.2, -0.15) is 5.10 Å². The summed E-state index contributed by atoms with van der Waals surface area (Å²) in [7, 11) is 0. The van der Waals surface area contributed by atoms with Gasteiger partial charge >= 0.3 is 0 Å². The molecule has 1 amide bonds. The van der Waals surface area contributed by atoms with Gasteiger partial charge in [0.15, 0.2) is 5.82 Å². The molecule has 1 aliphatic heterocycles. The van der Waals surface area contributed by atoms with Gasteiger partial charge in [0.05, 0.1) is 12.8 Å². The van der Waals surface area contributed by atoms with Gasteiger partial charge in [0.1, 0.15) is 11.3 Å². The molecule has 18 heavy (non-hydrogen) atoms. The second-order valence-electron chi connectivity index (χ2n) is 4.07.